The third-order valence-corrected chi connectivity index (χ3v) is 4.78. The van der Waals surface area contributed by atoms with Gasteiger partial charge in [0, 0.05) is 17.8 Å². The van der Waals surface area contributed by atoms with Crippen LogP contribution >= 0.6 is 12.2 Å². The lowest BCUT2D eigenvalue weighted by molar-refractivity contribution is 0.0986. The summed E-state index contributed by atoms with van der Waals surface area (Å²) in [5, 5.41) is 7.43. The van der Waals surface area contributed by atoms with Crippen molar-refractivity contribution < 1.29 is 0 Å². The van der Waals surface area contributed by atoms with Crippen LogP contribution in [0, 0.1) is 13.8 Å². The predicted octanol–water partition coefficient (Wildman–Crippen LogP) is 3.85. The zero-order valence-electron chi connectivity index (χ0n) is 14.3. The molecule has 0 unspecified atom stereocenters. The van der Waals surface area contributed by atoms with Crippen LogP contribution < -0.4 is 10.6 Å². The number of thiocarbonyl (C=S) groups is 1. The van der Waals surface area contributed by atoms with Gasteiger partial charge >= 0.3 is 0 Å². The summed E-state index contributed by atoms with van der Waals surface area (Å²) in [5.41, 5.74) is 3.68. The van der Waals surface area contributed by atoms with Crippen LogP contribution in [0.25, 0.3) is 0 Å². The molecule has 0 amide bonds. The minimum Gasteiger partial charge on any atom is -0.361 e. The van der Waals surface area contributed by atoms with E-state index in [0.717, 1.165) is 12.2 Å². The van der Waals surface area contributed by atoms with Gasteiger partial charge in [-0.05, 0) is 83.0 Å². The van der Waals surface area contributed by atoms with Crippen molar-refractivity contribution in [2.24, 2.45) is 0 Å². The van der Waals surface area contributed by atoms with E-state index in [2.05, 4.69) is 61.4 Å². The number of piperidine rings is 1. The van der Waals surface area contributed by atoms with Crippen LogP contribution in [0.1, 0.15) is 44.2 Å². The average molecular weight is 320 g/mol. The second-order valence-electron chi connectivity index (χ2n) is 6.99. The molecule has 22 heavy (non-hydrogen) atoms. The molecular formula is C18H29N3S. The minimum atomic E-state index is 0.133. The summed E-state index contributed by atoms with van der Waals surface area (Å²) < 4.78 is 0. The SMILES string of the molecule is Cc1ccc(C)c(NC(=S)NCC(C)(C)N2CCCCC2)c1. The van der Waals surface area contributed by atoms with E-state index < -0.39 is 0 Å². The Balaban J connectivity index is 1.87. The van der Waals surface area contributed by atoms with Crippen LogP contribution in [0.3, 0.4) is 0 Å². The third-order valence-electron chi connectivity index (χ3n) is 4.53. The smallest absolute Gasteiger partial charge is 0.170 e. The summed E-state index contributed by atoms with van der Waals surface area (Å²) in [5.74, 6) is 0. The second-order valence-corrected chi connectivity index (χ2v) is 7.39. The molecule has 1 saturated heterocycles. The van der Waals surface area contributed by atoms with Gasteiger partial charge in [0.1, 0.15) is 0 Å². The van der Waals surface area contributed by atoms with Gasteiger partial charge in [-0.25, -0.2) is 0 Å². The van der Waals surface area contributed by atoms with E-state index in [1.54, 1.807) is 0 Å². The van der Waals surface area contributed by atoms with Gasteiger partial charge in [-0.15, -0.1) is 0 Å². The summed E-state index contributed by atoms with van der Waals surface area (Å²) >= 11 is 5.47. The number of rotatable bonds is 4. The lowest BCUT2D eigenvalue weighted by Gasteiger charge is -2.41. The fraction of sp³-hybridized carbons (Fsp3) is 0.611. The molecule has 3 nitrogen and oxygen atoms in total. The van der Waals surface area contributed by atoms with Gasteiger partial charge in [0.15, 0.2) is 5.11 Å². The molecule has 0 aromatic heterocycles. The number of nitrogens with one attached hydrogen (secondary N) is 2. The summed E-state index contributed by atoms with van der Waals surface area (Å²) in [6.45, 7) is 12.1. The molecular weight excluding hydrogens is 290 g/mol. The fourth-order valence-corrected chi connectivity index (χ4v) is 3.13. The number of benzene rings is 1. The first-order valence-electron chi connectivity index (χ1n) is 8.26. The van der Waals surface area contributed by atoms with Gasteiger partial charge in [0.05, 0.1) is 0 Å². The summed E-state index contributed by atoms with van der Waals surface area (Å²) in [7, 11) is 0. The topological polar surface area (TPSA) is 27.3 Å². The van der Waals surface area contributed by atoms with Gasteiger partial charge in [-0.2, -0.15) is 0 Å². The van der Waals surface area contributed by atoms with Crippen LogP contribution in [-0.4, -0.2) is 35.2 Å². The lowest BCUT2D eigenvalue weighted by Crippen LogP contribution is -2.53. The average Bonchev–Trinajstić information content (AvgIpc) is 2.50. The molecule has 2 N–H and O–H groups in total. The highest BCUT2D eigenvalue weighted by Crippen LogP contribution is 2.20. The van der Waals surface area contributed by atoms with Gasteiger partial charge < -0.3 is 10.6 Å². The van der Waals surface area contributed by atoms with Crippen molar-refractivity contribution in [2.45, 2.75) is 52.5 Å². The number of likely N-dealkylation sites (tertiary alicyclic amines) is 1. The number of hydrogen-bond donors (Lipinski definition) is 2. The van der Waals surface area contributed by atoms with E-state index in [0.29, 0.717) is 5.11 Å². The first kappa shape index (κ1) is 17.2. The van der Waals surface area contributed by atoms with E-state index in [-0.39, 0.29) is 5.54 Å². The number of hydrogen-bond acceptors (Lipinski definition) is 2. The molecule has 2 rings (SSSR count). The van der Waals surface area contributed by atoms with Crippen molar-refractivity contribution in [3.63, 3.8) is 0 Å². The molecule has 1 aromatic carbocycles. The van der Waals surface area contributed by atoms with Crippen molar-refractivity contribution >= 4 is 23.0 Å². The quantitative estimate of drug-likeness (QED) is 0.824. The molecule has 0 bridgehead atoms. The fourth-order valence-electron chi connectivity index (χ4n) is 2.94. The molecule has 1 heterocycles. The second kappa shape index (κ2) is 7.42. The monoisotopic (exact) mass is 319 g/mol. The Kier molecular flexibility index (Phi) is 5.81. The maximum absolute atomic E-state index is 5.47. The molecule has 0 saturated carbocycles. The molecule has 0 aliphatic carbocycles. The van der Waals surface area contributed by atoms with E-state index >= 15 is 0 Å². The first-order valence-corrected chi connectivity index (χ1v) is 8.66. The van der Waals surface area contributed by atoms with Crippen LogP contribution in [0.5, 0.6) is 0 Å². The summed E-state index contributed by atoms with van der Waals surface area (Å²) in [6.07, 6.45) is 4.00. The maximum atomic E-state index is 5.47. The molecule has 1 fully saturated rings. The normalized spacial score (nSPS) is 16.4. The van der Waals surface area contributed by atoms with Crippen LogP contribution in [-0.2, 0) is 0 Å². The molecule has 0 radical (unpaired) electrons. The largest absolute Gasteiger partial charge is 0.361 e. The number of aryl methyl sites for hydroxylation is 2. The predicted molar refractivity (Wildman–Crippen MR) is 99.6 cm³/mol. The Morgan fingerprint density at radius 3 is 2.55 bits per heavy atom. The van der Waals surface area contributed by atoms with Crippen molar-refractivity contribution in [3.8, 4) is 0 Å². The Hall–Kier alpha value is -1.13. The van der Waals surface area contributed by atoms with Crippen LogP contribution in [0.4, 0.5) is 5.69 Å². The van der Waals surface area contributed by atoms with Crippen LogP contribution in [0.15, 0.2) is 18.2 Å². The van der Waals surface area contributed by atoms with Gasteiger partial charge in [0.2, 0.25) is 0 Å². The van der Waals surface area contributed by atoms with Crippen LogP contribution in [0.2, 0.25) is 0 Å². The maximum Gasteiger partial charge on any atom is 0.170 e. The minimum absolute atomic E-state index is 0.133. The van der Waals surface area contributed by atoms with E-state index in [4.69, 9.17) is 12.2 Å². The molecule has 1 aromatic rings. The molecule has 4 heteroatoms. The third kappa shape index (κ3) is 4.68. The van der Waals surface area contributed by atoms with E-state index in [1.165, 1.54) is 43.5 Å². The lowest BCUT2D eigenvalue weighted by atomic mass is 9.98. The number of nitrogens with zero attached hydrogens (tertiary/aromatic N) is 1. The first-order chi connectivity index (χ1) is 10.4. The molecule has 122 valence electrons. The van der Waals surface area contributed by atoms with E-state index in [9.17, 15) is 0 Å². The Bertz CT molecular complexity index is 519. The molecule has 1 aliphatic heterocycles. The summed E-state index contributed by atoms with van der Waals surface area (Å²) in [6, 6.07) is 6.38. The Morgan fingerprint density at radius 2 is 1.86 bits per heavy atom. The highest BCUT2D eigenvalue weighted by Gasteiger charge is 2.27. The highest BCUT2D eigenvalue weighted by molar-refractivity contribution is 7.80. The Labute approximate surface area is 140 Å². The molecule has 1 aliphatic rings. The van der Waals surface area contributed by atoms with Crippen molar-refractivity contribution in [2.75, 3.05) is 25.0 Å². The highest BCUT2D eigenvalue weighted by atomic mass is 32.1. The van der Waals surface area contributed by atoms with Crippen molar-refractivity contribution in [1.29, 1.82) is 0 Å². The summed E-state index contributed by atoms with van der Waals surface area (Å²) in [4.78, 5) is 2.57. The van der Waals surface area contributed by atoms with Gasteiger partial charge in [-0.1, -0.05) is 18.6 Å². The number of anilines is 1. The van der Waals surface area contributed by atoms with Gasteiger partial charge in [0.25, 0.3) is 0 Å². The van der Waals surface area contributed by atoms with Crippen molar-refractivity contribution in [1.82, 2.24) is 10.2 Å². The van der Waals surface area contributed by atoms with Crippen molar-refractivity contribution in [3.05, 3.63) is 29.3 Å². The zero-order valence-corrected chi connectivity index (χ0v) is 15.1. The standard InChI is InChI=1S/C18H29N3S/c1-14-8-9-15(2)16(12-14)20-17(22)19-13-18(3,4)21-10-6-5-7-11-21/h8-9,12H,5-7,10-11,13H2,1-4H3,(H2,19,20,22). The van der Waals surface area contributed by atoms with E-state index in [1.807, 2.05) is 0 Å². The molecule has 0 spiro atoms. The zero-order chi connectivity index (χ0) is 16.2. The Morgan fingerprint density at radius 1 is 1.18 bits per heavy atom. The van der Waals surface area contributed by atoms with Gasteiger partial charge in [-0.3, -0.25) is 4.90 Å². The molecule has 0 atom stereocenters.